The van der Waals surface area contributed by atoms with Crippen LogP contribution in [-0.4, -0.2) is 38.2 Å². The molecule has 2 amide bonds. The molecule has 0 radical (unpaired) electrons. The normalized spacial score (nSPS) is 16.1. The van der Waals surface area contributed by atoms with Crippen LogP contribution in [0.4, 0.5) is 5.69 Å². The second kappa shape index (κ2) is 9.71. The molecule has 146 valence electrons. The van der Waals surface area contributed by atoms with Gasteiger partial charge in [0, 0.05) is 19.2 Å². The smallest absolute Gasteiger partial charge is 0.253 e. The standard InChI is InChI=1S/C22H24N2O4/c1-27-17-11-8-16(9-12-17)10-13-21(25)24-20-7-3-2-6-19(20)22(26)23-15-18-5-4-14-28-18/h2-3,6-13,18H,4-5,14-15H2,1H3,(H,23,26)(H,24,25)/b13-10+/t18-/m1/s1. The number of nitrogens with one attached hydrogen (secondary N) is 2. The minimum Gasteiger partial charge on any atom is -0.497 e. The number of benzene rings is 2. The third kappa shape index (κ3) is 5.44. The van der Waals surface area contributed by atoms with Crippen LogP contribution in [-0.2, 0) is 9.53 Å². The maximum absolute atomic E-state index is 12.5. The van der Waals surface area contributed by atoms with Gasteiger partial charge in [0.25, 0.3) is 5.91 Å². The molecule has 1 heterocycles. The quantitative estimate of drug-likeness (QED) is 0.723. The molecule has 2 aromatic carbocycles. The number of rotatable bonds is 7. The van der Waals surface area contributed by atoms with E-state index in [1.54, 1.807) is 37.5 Å². The highest BCUT2D eigenvalue weighted by Gasteiger charge is 2.18. The average molecular weight is 380 g/mol. The van der Waals surface area contributed by atoms with Crippen molar-refractivity contribution in [2.75, 3.05) is 25.6 Å². The fraction of sp³-hybridized carbons (Fsp3) is 0.273. The van der Waals surface area contributed by atoms with Crippen LogP contribution >= 0.6 is 0 Å². The summed E-state index contributed by atoms with van der Waals surface area (Å²) in [5.74, 6) is 0.213. The summed E-state index contributed by atoms with van der Waals surface area (Å²) in [6.45, 7) is 1.21. The van der Waals surface area contributed by atoms with Gasteiger partial charge in [0.2, 0.25) is 5.91 Å². The molecule has 0 aliphatic carbocycles. The number of methoxy groups -OCH3 is 1. The average Bonchev–Trinajstić information content (AvgIpc) is 3.25. The van der Waals surface area contributed by atoms with Crippen molar-refractivity contribution in [1.29, 1.82) is 0 Å². The van der Waals surface area contributed by atoms with Gasteiger partial charge in [-0.2, -0.15) is 0 Å². The van der Waals surface area contributed by atoms with Crippen LogP contribution in [0.1, 0.15) is 28.8 Å². The fourth-order valence-electron chi connectivity index (χ4n) is 2.96. The number of carbonyl (C=O) groups is 2. The topological polar surface area (TPSA) is 76.7 Å². The van der Waals surface area contributed by atoms with Gasteiger partial charge in [-0.05, 0) is 48.7 Å². The van der Waals surface area contributed by atoms with Gasteiger partial charge in [0.1, 0.15) is 5.75 Å². The number of carbonyl (C=O) groups excluding carboxylic acids is 2. The lowest BCUT2D eigenvalue weighted by Crippen LogP contribution is -2.32. The largest absolute Gasteiger partial charge is 0.497 e. The number of ether oxygens (including phenoxy) is 2. The highest BCUT2D eigenvalue weighted by atomic mass is 16.5. The van der Waals surface area contributed by atoms with Gasteiger partial charge < -0.3 is 20.1 Å². The Kier molecular flexibility index (Phi) is 6.81. The fourth-order valence-corrected chi connectivity index (χ4v) is 2.96. The summed E-state index contributed by atoms with van der Waals surface area (Å²) in [5, 5.41) is 5.65. The van der Waals surface area contributed by atoms with E-state index in [0.29, 0.717) is 17.8 Å². The molecular weight excluding hydrogens is 356 g/mol. The predicted molar refractivity (Wildman–Crippen MR) is 108 cm³/mol. The van der Waals surface area contributed by atoms with Crippen molar-refractivity contribution in [2.45, 2.75) is 18.9 Å². The summed E-state index contributed by atoms with van der Waals surface area (Å²) in [7, 11) is 1.60. The summed E-state index contributed by atoms with van der Waals surface area (Å²) < 4.78 is 10.6. The molecule has 0 unspecified atom stereocenters. The number of anilines is 1. The maximum Gasteiger partial charge on any atom is 0.253 e. The zero-order chi connectivity index (χ0) is 19.8. The molecule has 1 aliphatic heterocycles. The zero-order valence-corrected chi connectivity index (χ0v) is 15.8. The maximum atomic E-state index is 12.5. The van der Waals surface area contributed by atoms with E-state index < -0.39 is 0 Å². The molecule has 6 heteroatoms. The van der Waals surface area contributed by atoms with Crippen molar-refractivity contribution < 1.29 is 19.1 Å². The Hall–Kier alpha value is -3.12. The first-order valence-corrected chi connectivity index (χ1v) is 9.27. The van der Waals surface area contributed by atoms with E-state index in [2.05, 4.69) is 10.6 Å². The van der Waals surface area contributed by atoms with E-state index in [0.717, 1.165) is 30.8 Å². The van der Waals surface area contributed by atoms with Crippen molar-refractivity contribution in [3.05, 3.63) is 65.7 Å². The van der Waals surface area contributed by atoms with E-state index >= 15 is 0 Å². The van der Waals surface area contributed by atoms with Gasteiger partial charge in [-0.15, -0.1) is 0 Å². The predicted octanol–water partition coefficient (Wildman–Crippen LogP) is 3.26. The zero-order valence-electron chi connectivity index (χ0n) is 15.8. The molecule has 1 atom stereocenters. The Bertz CT molecular complexity index is 840. The van der Waals surface area contributed by atoms with Gasteiger partial charge in [0.05, 0.1) is 24.5 Å². The molecule has 28 heavy (non-hydrogen) atoms. The van der Waals surface area contributed by atoms with Gasteiger partial charge in [-0.3, -0.25) is 9.59 Å². The third-order valence-electron chi connectivity index (χ3n) is 4.49. The second-order valence-electron chi connectivity index (χ2n) is 6.49. The Morgan fingerprint density at radius 2 is 1.96 bits per heavy atom. The highest BCUT2D eigenvalue weighted by molar-refractivity contribution is 6.07. The SMILES string of the molecule is COc1ccc(/C=C/C(=O)Nc2ccccc2C(=O)NC[C@H]2CCCO2)cc1. The van der Waals surface area contributed by atoms with Crippen molar-refractivity contribution in [3.8, 4) is 5.75 Å². The Morgan fingerprint density at radius 3 is 2.68 bits per heavy atom. The first kappa shape index (κ1) is 19.6. The van der Waals surface area contributed by atoms with E-state index in [1.165, 1.54) is 6.08 Å². The van der Waals surface area contributed by atoms with E-state index in [9.17, 15) is 9.59 Å². The van der Waals surface area contributed by atoms with Crippen LogP contribution in [0, 0.1) is 0 Å². The molecule has 1 fully saturated rings. The molecule has 1 saturated heterocycles. The van der Waals surface area contributed by atoms with Crippen LogP contribution in [0.2, 0.25) is 0 Å². The highest BCUT2D eigenvalue weighted by Crippen LogP contribution is 2.17. The van der Waals surface area contributed by atoms with Crippen molar-refractivity contribution >= 4 is 23.6 Å². The minimum atomic E-state index is -0.310. The van der Waals surface area contributed by atoms with E-state index in [-0.39, 0.29) is 17.9 Å². The summed E-state index contributed by atoms with van der Waals surface area (Å²) in [6.07, 6.45) is 5.18. The third-order valence-corrected chi connectivity index (χ3v) is 4.49. The van der Waals surface area contributed by atoms with Gasteiger partial charge in [0.15, 0.2) is 0 Å². The molecule has 3 rings (SSSR count). The van der Waals surface area contributed by atoms with Gasteiger partial charge in [-0.25, -0.2) is 0 Å². The molecular formula is C22H24N2O4. The number of amides is 2. The Morgan fingerprint density at radius 1 is 1.18 bits per heavy atom. The molecule has 0 spiro atoms. The van der Waals surface area contributed by atoms with Crippen LogP contribution in [0.25, 0.3) is 6.08 Å². The first-order valence-electron chi connectivity index (χ1n) is 9.27. The van der Waals surface area contributed by atoms with Crippen LogP contribution in [0.3, 0.4) is 0 Å². The van der Waals surface area contributed by atoms with Crippen LogP contribution in [0.5, 0.6) is 5.75 Å². The minimum absolute atomic E-state index is 0.0677. The van der Waals surface area contributed by atoms with E-state index in [4.69, 9.17) is 9.47 Å². The first-order chi connectivity index (χ1) is 13.7. The summed E-state index contributed by atoms with van der Waals surface area (Å²) in [5.41, 5.74) is 1.77. The van der Waals surface area contributed by atoms with Crippen molar-refractivity contribution in [1.82, 2.24) is 5.32 Å². The monoisotopic (exact) mass is 380 g/mol. The van der Waals surface area contributed by atoms with Crippen molar-refractivity contribution in [2.24, 2.45) is 0 Å². The number of hydrogen-bond donors (Lipinski definition) is 2. The van der Waals surface area contributed by atoms with E-state index in [1.807, 2.05) is 24.3 Å². The molecule has 2 N–H and O–H groups in total. The lowest BCUT2D eigenvalue weighted by Gasteiger charge is -2.13. The molecule has 0 saturated carbocycles. The molecule has 2 aromatic rings. The lowest BCUT2D eigenvalue weighted by molar-refractivity contribution is -0.111. The molecule has 6 nitrogen and oxygen atoms in total. The second-order valence-corrected chi connectivity index (χ2v) is 6.49. The summed E-state index contributed by atoms with van der Waals surface area (Å²) in [6, 6.07) is 14.3. The van der Waals surface area contributed by atoms with Crippen LogP contribution < -0.4 is 15.4 Å². The molecule has 0 aromatic heterocycles. The van der Waals surface area contributed by atoms with Crippen LogP contribution in [0.15, 0.2) is 54.6 Å². The van der Waals surface area contributed by atoms with Crippen molar-refractivity contribution in [3.63, 3.8) is 0 Å². The summed E-state index contributed by atoms with van der Waals surface area (Å²) in [4.78, 5) is 24.8. The Labute approximate surface area is 164 Å². The Balaban J connectivity index is 1.60. The van der Waals surface area contributed by atoms with Gasteiger partial charge >= 0.3 is 0 Å². The summed E-state index contributed by atoms with van der Waals surface area (Å²) >= 11 is 0. The van der Waals surface area contributed by atoms with Gasteiger partial charge in [-0.1, -0.05) is 24.3 Å². The number of para-hydroxylation sites is 1. The lowest BCUT2D eigenvalue weighted by atomic mass is 10.1. The molecule has 1 aliphatic rings. The molecule has 0 bridgehead atoms. The number of hydrogen-bond acceptors (Lipinski definition) is 4.